The molecular formula is C99H117N9O6. The van der Waals surface area contributed by atoms with Crippen LogP contribution in [-0.2, 0) is 110 Å². The highest BCUT2D eigenvalue weighted by molar-refractivity contribution is 5.62. The highest BCUT2D eigenvalue weighted by Crippen LogP contribution is 2.47. The molecule has 0 atom stereocenters. The van der Waals surface area contributed by atoms with Crippen molar-refractivity contribution < 1.29 is 28.4 Å². The molecule has 0 fully saturated rings. The molecule has 594 valence electrons. The first kappa shape index (κ1) is 81.2. The fourth-order valence-corrected chi connectivity index (χ4v) is 15.5. The number of aromatic nitrogens is 9. The zero-order valence-electron chi connectivity index (χ0n) is 71.3. The smallest absolute Gasteiger partial charge is 0.134 e. The van der Waals surface area contributed by atoms with Crippen molar-refractivity contribution in [1.29, 1.82) is 0 Å². The summed E-state index contributed by atoms with van der Waals surface area (Å²) < 4.78 is 49.0. The molecule has 3 heterocycles. The van der Waals surface area contributed by atoms with Crippen LogP contribution in [0.1, 0.15) is 259 Å². The van der Waals surface area contributed by atoms with E-state index in [2.05, 4.69) is 286 Å². The predicted molar refractivity (Wildman–Crippen MR) is 457 cm³/mol. The molecule has 9 aromatic carbocycles. The molecule has 3 aromatic heterocycles. The van der Waals surface area contributed by atoms with Crippen LogP contribution in [0.2, 0.25) is 0 Å². The molecule has 114 heavy (non-hydrogen) atoms. The maximum atomic E-state index is 7.50. The minimum absolute atomic E-state index is 0.169. The molecule has 13 rings (SSSR count). The fraction of sp³-hybridized carbons (Fsp3) is 0.394. The number of fused-ring (bicyclic) bond motifs is 12. The summed E-state index contributed by atoms with van der Waals surface area (Å²) in [5.41, 5.74) is 23.2. The molecule has 15 heteroatoms. The largest absolute Gasteiger partial charge is 0.496 e. The summed E-state index contributed by atoms with van der Waals surface area (Å²) in [6.07, 6.45) is 8.82. The number of nitrogens with zero attached hydrogens (tertiary/aromatic N) is 9. The Kier molecular flexibility index (Phi) is 23.5. The van der Waals surface area contributed by atoms with Crippen LogP contribution in [0.5, 0.6) is 34.5 Å². The molecule has 0 aliphatic heterocycles. The van der Waals surface area contributed by atoms with Gasteiger partial charge in [0, 0.05) is 38.5 Å². The Morgan fingerprint density at radius 1 is 0.254 bits per heavy atom. The topological polar surface area (TPSA) is 148 Å². The van der Waals surface area contributed by atoms with Crippen LogP contribution in [0.15, 0.2) is 182 Å². The first-order chi connectivity index (χ1) is 54.0. The summed E-state index contributed by atoms with van der Waals surface area (Å²) in [7, 11) is 5.46. The molecule has 15 nitrogen and oxygen atoms in total. The van der Waals surface area contributed by atoms with E-state index < -0.39 is 0 Å². The van der Waals surface area contributed by atoms with Gasteiger partial charge in [-0.15, -0.1) is 15.3 Å². The highest BCUT2D eigenvalue weighted by Gasteiger charge is 2.32. The lowest BCUT2D eigenvalue weighted by Crippen LogP contribution is -2.17. The van der Waals surface area contributed by atoms with Crippen molar-refractivity contribution in [2.45, 2.75) is 235 Å². The van der Waals surface area contributed by atoms with Crippen molar-refractivity contribution in [2.75, 3.05) is 21.3 Å². The van der Waals surface area contributed by atoms with E-state index >= 15 is 0 Å². The van der Waals surface area contributed by atoms with E-state index in [9.17, 15) is 0 Å². The van der Waals surface area contributed by atoms with Crippen molar-refractivity contribution in [3.8, 4) is 34.5 Å². The highest BCUT2D eigenvalue weighted by atomic mass is 16.5. The second-order valence-corrected chi connectivity index (χ2v) is 37.5. The van der Waals surface area contributed by atoms with Gasteiger partial charge in [-0.3, -0.25) is 0 Å². The lowest BCUT2D eigenvalue weighted by molar-refractivity contribution is 0.295. The first-order valence-corrected chi connectivity index (χ1v) is 40.3. The Morgan fingerprint density at radius 3 is 0.596 bits per heavy atom. The summed E-state index contributed by atoms with van der Waals surface area (Å²) in [5.74, 6) is 4.73. The predicted octanol–water partition coefficient (Wildman–Crippen LogP) is 21.0. The number of methoxy groups -OCH3 is 3. The molecule has 0 spiro atoms. The molecule has 0 unspecified atom stereocenters. The zero-order valence-corrected chi connectivity index (χ0v) is 71.3. The lowest BCUT2D eigenvalue weighted by atomic mass is 9.79. The second-order valence-electron chi connectivity index (χ2n) is 37.5. The van der Waals surface area contributed by atoms with Gasteiger partial charge < -0.3 is 28.4 Å². The average molecular weight is 1530 g/mol. The Morgan fingerprint density at radius 2 is 0.430 bits per heavy atom. The summed E-state index contributed by atoms with van der Waals surface area (Å²) in [6.45, 7) is 43.6. The molecule has 0 N–H and O–H groups in total. The Labute approximate surface area is 676 Å². The second kappa shape index (κ2) is 33.0. The molecule has 12 aromatic rings. The fourth-order valence-electron chi connectivity index (χ4n) is 15.5. The summed E-state index contributed by atoms with van der Waals surface area (Å²) >= 11 is 0. The zero-order chi connectivity index (χ0) is 81.2. The van der Waals surface area contributed by atoms with Crippen LogP contribution in [0.3, 0.4) is 0 Å². The molecule has 12 bridgehead atoms. The molecule has 0 radical (unpaired) electrons. The maximum Gasteiger partial charge on any atom is 0.134 e. The molecular weight excluding hydrogens is 1410 g/mol. The summed E-state index contributed by atoms with van der Waals surface area (Å²) in [6, 6.07) is 59.5. The number of benzene rings is 9. The van der Waals surface area contributed by atoms with E-state index in [-0.39, 0.29) is 52.3 Å². The summed E-state index contributed by atoms with van der Waals surface area (Å²) in [4.78, 5) is 0. The van der Waals surface area contributed by atoms with Crippen molar-refractivity contribution in [3.05, 3.63) is 316 Å². The minimum atomic E-state index is -0.293. The average Bonchev–Trinajstić information content (AvgIpc) is 0.790. The number of hydrogen-bond donors (Lipinski definition) is 0. The number of ether oxygens (including phenoxy) is 6. The van der Waals surface area contributed by atoms with Crippen molar-refractivity contribution in [3.63, 3.8) is 0 Å². The first-order valence-electron chi connectivity index (χ1n) is 40.3. The van der Waals surface area contributed by atoms with Gasteiger partial charge in [0.1, 0.15) is 71.4 Å². The van der Waals surface area contributed by atoms with Crippen molar-refractivity contribution in [1.82, 2.24) is 45.0 Å². The Hall–Kier alpha value is -10.8. The SMILES string of the molecule is COc1c2cc(C(C)(C)C)cc1Cc1cc(C(C)(C)C)cc(c1OCc1cn(Cc3ccccc3)nn1)Cc1cc(C(C)(C)C)cc(c1OC)Cc1cc(C(C)(C)C)cc(c1OCc1cn(Cc3ccccc3)nn1)Cc1cc(C(C)(C)C)cc(c1OC)Cc1cc(C(C)(C)C)cc(c1OCc1cn(Cc3ccccc3)nn1)C2. The summed E-state index contributed by atoms with van der Waals surface area (Å²) in [5, 5.41) is 28.3. The van der Waals surface area contributed by atoms with E-state index in [1.165, 1.54) is 33.4 Å². The Balaban J connectivity index is 1.08. The monoisotopic (exact) mass is 1530 g/mol. The van der Waals surface area contributed by atoms with Crippen molar-refractivity contribution >= 4 is 0 Å². The third-order valence-corrected chi connectivity index (χ3v) is 22.0. The van der Waals surface area contributed by atoms with E-state index in [4.69, 9.17) is 43.7 Å². The van der Waals surface area contributed by atoms with E-state index in [0.717, 1.165) is 118 Å². The van der Waals surface area contributed by atoms with Gasteiger partial charge in [-0.2, -0.15) is 0 Å². The van der Waals surface area contributed by atoms with Crippen LogP contribution in [0, 0.1) is 0 Å². The molecule has 1 aliphatic rings. The van der Waals surface area contributed by atoms with Gasteiger partial charge in [0.15, 0.2) is 0 Å². The number of rotatable bonds is 18. The minimum Gasteiger partial charge on any atom is -0.496 e. The van der Waals surface area contributed by atoms with Gasteiger partial charge in [-0.05, 0) is 149 Å². The molecule has 1 aliphatic carbocycles. The Bertz CT molecular complexity index is 4700. The van der Waals surface area contributed by atoms with E-state index in [1.54, 1.807) is 0 Å². The molecule has 0 amide bonds. The van der Waals surface area contributed by atoms with Crippen LogP contribution in [0.25, 0.3) is 0 Å². The maximum absolute atomic E-state index is 7.50. The van der Waals surface area contributed by atoms with Gasteiger partial charge >= 0.3 is 0 Å². The normalized spacial score (nSPS) is 13.1. The third-order valence-electron chi connectivity index (χ3n) is 22.0. The lowest BCUT2D eigenvalue weighted by Gasteiger charge is -2.29. The van der Waals surface area contributed by atoms with Gasteiger partial charge in [-0.1, -0.05) is 304 Å². The standard InChI is InChI=1S/C99H117N9O6/c1-94(2,3)79-43-67-37-73-49-82(97(10,11)12)51-75(91(73)112-61-85-58-106(103-100-85)55-64-31-25-22-26-32-64)39-69-45-80(95(4,5)6)47-71(89(69)110-20)41-77-53-84(99(16,17)18)54-78(93(77)114-63-87-60-108(105-102-87)57-66-35-29-24-30-36-66)42-72-48-81(96(7,8)9)46-70(90(72)111-21)40-76-52-83(98(13,14)15)50-74(38-68(44-79)88(67)109-19)92(76)113-62-86-59-107(104-101-86)56-65-33-27-23-28-34-65/h22-36,43-54,58-60H,37-42,55-57,61-63H2,1-21H3. The number of hydrogen-bond acceptors (Lipinski definition) is 12. The van der Waals surface area contributed by atoms with Gasteiger partial charge in [0.2, 0.25) is 0 Å². The van der Waals surface area contributed by atoms with E-state index in [0.29, 0.717) is 75.2 Å². The van der Waals surface area contributed by atoms with E-state index in [1.807, 2.05) is 72.2 Å². The van der Waals surface area contributed by atoms with Gasteiger partial charge in [0.25, 0.3) is 0 Å². The molecule has 0 saturated carbocycles. The van der Waals surface area contributed by atoms with Crippen LogP contribution in [0.4, 0.5) is 0 Å². The van der Waals surface area contributed by atoms with Crippen LogP contribution in [-0.4, -0.2) is 66.3 Å². The van der Waals surface area contributed by atoms with Crippen LogP contribution < -0.4 is 28.4 Å². The quantitative estimate of drug-likeness (QED) is 0.0805. The van der Waals surface area contributed by atoms with Gasteiger partial charge in [0.05, 0.1) is 59.6 Å². The van der Waals surface area contributed by atoms with Crippen molar-refractivity contribution in [2.24, 2.45) is 0 Å². The third kappa shape index (κ3) is 19.3. The van der Waals surface area contributed by atoms with Gasteiger partial charge in [-0.25, -0.2) is 14.0 Å². The van der Waals surface area contributed by atoms with Crippen LogP contribution >= 0.6 is 0 Å². The molecule has 0 saturated heterocycles.